The molecule has 0 aliphatic heterocycles. The van der Waals surface area contributed by atoms with Crippen molar-refractivity contribution in [1.29, 1.82) is 5.26 Å². The van der Waals surface area contributed by atoms with E-state index in [1.165, 1.54) is 16.0 Å². The zero-order valence-electron chi connectivity index (χ0n) is 14.5. The van der Waals surface area contributed by atoms with Crippen molar-refractivity contribution in [1.82, 2.24) is 15.1 Å². The van der Waals surface area contributed by atoms with Gasteiger partial charge in [-0.15, -0.1) is 11.3 Å². The van der Waals surface area contributed by atoms with E-state index >= 15 is 0 Å². The number of halogens is 1. The van der Waals surface area contributed by atoms with E-state index in [4.69, 9.17) is 12.2 Å². The number of nitrogens with one attached hydrogen (secondary N) is 2. The van der Waals surface area contributed by atoms with E-state index < -0.39 is 0 Å². The summed E-state index contributed by atoms with van der Waals surface area (Å²) in [6.45, 7) is 1.81. The molecule has 2 aromatic rings. The summed E-state index contributed by atoms with van der Waals surface area (Å²) >= 11 is 10.2. The second-order valence-corrected chi connectivity index (χ2v) is 8.47. The highest BCUT2D eigenvalue weighted by Gasteiger charge is 2.22. The van der Waals surface area contributed by atoms with Crippen LogP contribution >= 0.6 is 39.5 Å². The molecule has 0 spiro atoms. The number of nitrogens with zero attached hydrogens (tertiary/aromatic N) is 3. The summed E-state index contributed by atoms with van der Waals surface area (Å²) in [7, 11) is 1.70. The molecule has 3 rings (SSSR count). The Labute approximate surface area is 169 Å². The molecule has 0 unspecified atom stereocenters. The number of thiocarbonyl (C=S) groups is 1. The number of anilines is 1. The van der Waals surface area contributed by atoms with Gasteiger partial charge in [-0.05, 0) is 66.3 Å². The van der Waals surface area contributed by atoms with E-state index in [-0.39, 0.29) is 11.0 Å². The van der Waals surface area contributed by atoms with Gasteiger partial charge in [0.05, 0.1) is 15.7 Å². The van der Waals surface area contributed by atoms with Gasteiger partial charge in [-0.2, -0.15) is 10.4 Å². The van der Waals surface area contributed by atoms with Crippen molar-refractivity contribution in [2.45, 2.75) is 39.0 Å². The lowest BCUT2D eigenvalue weighted by Gasteiger charge is -2.09. The van der Waals surface area contributed by atoms with Crippen molar-refractivity contribution >= 4 is 55.5 Å². The van der Waals surface area contributed by atoms with E-state index in [1.54, 1.807) is 18.4 Å². The molecule has 6 nitrogen and oxygen atoms in total. The summed E-state index contributed by atoms with van der Waals surface area (Å²) in [5, 5.41) is 20.4. The molecule has 0 saturated heterocycles. The molecular weight excluding hydrogens is 434 g/mol. The van der Waals surface area contributed by atoms with Crippen LogP contribution in [0.25, 0.3) is 0 Å². The van der Waals surface area contributed by atoms with Crippen LogP contribution in [-0.4, -0.2) is 20.8 Å². The summed E-state index contributed by atoms with van der Waals surface area (Å²) in [5.74, 6) is -0.353. The Morgan fingerprint density at radius 2 is 2.12 bits per heavy atom. The Morgan fingerprint density at radius 3 is 2.77 bits per heavy atom. The molecule has 0 aromatic carbocycles. The van der Waals surface area contributed by atoms with E-state index in [1.807, 2.05) is 6.92 Å². The zero-order chi connectivity index (χ0) is 18.8. The number of aromatic nitrogens is 2. The van der Waals surface area contributed by atoms with Gasteiger partial charge in [-0.25, -0.2) is 0 Å². The van der Waals surface area contributed by atoms with Crippen LogP contribution in [0.4, 0.5) is 5.00 Å². The lowest BCUT2D eigenvalue weighted by Crippen LogP contribution is -2.35. The van der Waals surface area contributed by atoms with Crippen LogP contribution in [0, 0.1) is 18.3 Å². The molecule has 136 valence electrons. The highest BCUT2D eigenvalue weighted by atomic mass is 79.9. The molecule has 0 bridgehead atoms. The SMILES string of the molecule is Cc1nn(C)c(C(=O)NC(=S)Nc2sc3c(c2C#N)CCCCC3)c1Br. The average molecular weight is 452 g/mol. The summed E-state index contributed by atoms with van der Waals surface area (Å²) in [6, 6.07) is 2.30. The lowest BCUT2D eigenvalue weighted by atomic mass is 10.1. The second kappa shape index (κ2) is 7.86. The number of carbonyl (C=O) groups is 1. The Morgan fingerprint density at radius 1 is 1.38 bits per heavy atom. The third kappa shape index (κ3) is 3.68. The third-order valence-corrected chi connectivity index (χ3v) is 6.71. The van der Waals surface area contributed by atoms with Crippen LogP contribution in [0.3, 0.4) is 0 Å². The number of amides is 1. The number of thiophene rings is 1. The topological polar surface area (TPSA) is 82.7 Å². The van der Waals surface area contributed by atoms with Gasteiger partial charge in [-0.1, -0.05) is 6.42 Å². The minimum atomic E-state index is -0.353. The van der Waals surface area contributed by atoms with Crippen LogP contribution in [0.2, 0.25) is 0 Å². The number of hydrogen-bond acceptors (Lipinski definition) is 5. The summed E-state index contributed by atoms with van der Waals surface area (Å²) in [4.78, 5) is 13.8. The smallest absolute Gasteiger partial charge is 0.276 e. The number of aryl methyl sites for hydroxylation is 3. The minimum absolute atomic E-state index is 0.175. The summed E-state index contributed by atoms with van der Waals surface area (Å²) in [5.41, 5.74) is 2.91. The Hall–Kier alpha value is -1.76. The van der Waals surface area contributed by atoms with Crippen LogP contribution in [0.1, 0.15) is 51.4 Å². The molecule has 0 atom stereocenters. The predicted molar refractivity (Wildman–Crippen MR) is 110 cm³/mol. The summed E-state index contributed by atoms with van der Waals surface area (Å²) in [6.07, 6.45) is 5.37. The summed E-state index contributed by atoms with van der Waals surface area (Å²) < 4.78 is 2.15. The Bertz CT molecular complexity index is 925. The van der Waals surface area contributed by atoms with Crippen LogP contribution < -0.4 is 10.6 Å². The van der Waals surface area contributed by atoms with Gasteiger partial charge in [0.15, 0.2) is 5.11 Å². The monoisotopic (exact) mass is 451 g/mol. The van der Waals surface area contributed by atoms with Gasteiger partial charge in [0.25, 0.3) is 5.91 Å². The first-order chi connectivity index (χ1) is 12.4. The van der Waals surface area contributed by atoms with Crippen molar-refractivity contribution in [2.24, 2.45) is 7.05 Å². The van der Waals surface area contributed by atoms with Crippen LogP contribution in [0.15, 0.2) is 4.47 Å². The maximum atomic E-state index is 12.5. The molecule has 2 N–H and O–H groups in total. The number of fused-ring (bicyclic) bond motifs is 1. The van der Waals surface area contributed by atoms with Gasteiger partial charge in [-0.3, -0.25) is 14.8 Å². The molecule has 1 aliphatic carbocycles. The largest absolute Gasteiger partial charge is 0.323 e. The van der Waals surface area contributed by atoms with E-state index in [2.05, 4.69) is 37.7 Å². The lowest BCUT2D eigenvalue weighted by molar-refractivity contribution is 0.0968. The molecule has 2 aromatic heterocycles. The number of rotatable bonds is 2. The maximum absolute atomic E-state index is 12.5. The Balaban J connectivity index is 1.76. The van der Waals surface area contributed by atoms with Gasteiger partial charge < -0.3 is 5.32 Å². The average Bonchev–Trinajstić information content (AvgIpc) is 2.91. The molecule has 9 heteroatoms. The normalized spacial score (nSPS) is 13.5. The van der Waals surface area contributed by atoms with Crippen LogP contribution in [0.5, 0.6) is 0 Å². The molecule has 1 aliphatic rings. The standard InChI is InChI=1S/C17H18BrN5OS2/c1-9-13(18)14(23(2)22-9)15(24)20-17(25)21-16-11(8-19)10-6-4-3-5-7-12(10)26-16/h3-7H2,1-2H3,(H2,20,21,24,25). The van der Waals surface area contributed by atoms with E-state index in [0.717, 1.165) is 36.9 Å². The first kappa shape index (κ1) is 19.0. The highest BCUT2D eigenvalue weighted by Crippen LogP contribution is 2.36. The van der Waals surface area contributed by atoms with Crippen molar-refractivity contribution in [3.63, 3.8) is 0 Å². The highest BCUT2D eigenvalue weighted by molar-refractivity contribution is 9.10. The molecule has 2 heterocycles. The van der Waals surface area contributed by atoms with E-state index in [0.29, 0.717) is 20.7 Å². The van der Waals surface area contributed by atoms with Gasteiger partial charge in [0.2, 0.25) is 0 Å². The number of hydrogen-bond donors (Lipinski definition) is 2. The van der Waals surface area contributed by atoms with Gasteiger partial charge in [0.1, 0.15) is 16.8 Å². The van der Waals surface area contributed by atoms with Crippen LogP contribution in [-0.2, 0) is 19.9 Å². The van der Waals surface area contributed by atoms with Gasteiger partial charge >= 0.3 is 0 Å². The van der Waals surface area contributed by atoms with Crippen molar-refractivity contribution in [3.05, 3.63) is 31.9 Å². The fourth-order valence-corrected chi connectivity index (χ4v) is 5.14. The Kier molecular flexibility index (Phi) is 5.75. The number of carbonyl (C=O) groups excluding carboxylic acids is 1. The molecule has 26 heavy (non-hydrogen) atoms. The maximum Gasteiger partial charge on any atom is 0.276 e. The van der Waals surface area contributed by atoms with Gasteiger partial charge in [0, 0.05) is 11.9 Å². The zero-order valence-corrected chi connectivity index (χ0v) is 17.7. The molecular formula is C17H18BrN5OS2. The second-order valence-electron chi connectivity index (χ2n) is 6.16. The molecule has 0 saturated carbocycles. The predicted octanol–water partition coefficient (Wildman–Crippen LogP) is 3.82. The van der Waals surface area contributed by atoms with Crippen molar-refractivity contribution < 1.29 is 4.79 Å². The first-order valence-electron chi connectivity index (χ1n) is 8.28. The van der Waals surface area contributed by atoms with Crippen molar-refractivity contribution in [3.8, 4) is 6.07 Å². The fourth-order valence-electron chi connectivity index (χ4n) is 3.12. The molecule has 0 radical (unpaired) electrons. The first-order valence-corrected chi connectivity index (χ1v) is 10.3. The molecule has 0 fully saturated rings. The third-order valence-electron chi connectivity index (χ3n) is 4.35. The minimum Gasteiger partial charge on any atom is -0.323 e. The van der Waals surface area contributed by atoms with E-state index in [9.17, 15) is 10.1 Å². The fraction of sp³-hybridized carbons (Fsp3) is 0.412. The van der Waals surface area contributed by atoms with Crippen molar-refractivity contribution in [2.75, 3.05) is 5.32 Å². The molecule has 1 amide bonds. The number of nitriles is 1. The quantitative estimate of drug-likeness (QED) is 0.535.